The van der Waals surface area contributed by atoms with Gasteiger partial charge in [0.1, 0.15) is 11.8 Å². The van der Waals surface area contributed by atoms with Gasteiger partial charge in [0.25, 0.3) is 0 Å². The van der Waals surface area contributed by atoms with Gasteiger partial charge in [-0.25, -0.2) is 0 Å². The molecule has 5 heteroatoms. The first-order valence-corrected chi connectivity index (χ1v) is 3.91. The van der Waals surface area contributed by atoms with Crippen molar-refractivity contribution in [1.82, 2.24) is 0 Å². The summed E-state index contributed by atoms with van der Waals surface area (Å²) in [6, 6.07) is 3.56. The Morgan fingerprint density at radius 2 is 1.71 bits per heavy atom. The van der Waals surface area contributed by atoms with Crippen LogP contribution in [0.1, 0.15) is 11.6 Å². The first-order chi connectivity index (χ1) is 6.45. The van der Waals surface area contributed by atoms with Crippen LogP contribution in [-0.2, 0) is 0 Å². The predicted octanol–water partition coefficient (Wildman–Crippen LogP) is 2.26. The van der Waals surface area contributed by atoms with Crippen LogP contribution in [0.4, 0.5) is 13.2 Å². The molecule has 1 aromatic rings. The van der Waals surface area contributed by atoms with Crippen LogP contribution in [0.5, 0.6) is 5.75 Å². The Labute approximate surface area is 79.5 Å². The summed E-state index contributed by atoms with van der Waals surface area (Å²) in [5, 5.41) is 0. The fourth-order valence-electron chi connectivity index (χ4n) is 1.00. The van der Waals surface area contributed by atoms with E-state index in [1.807, 2.05) is 0 Å². The lowest BCUT2D eigenvalue weighted by atomic mass is 10.1. The lowest BCUT2D eigenvalue weighted by Crippen LogP contribution is -2.28. The van der Waals surface area contributed by atoms with Gasteiger partial charge in [-0.3, -0.25) is 0 Å². The van der Waals surface area contributed by atoms with Crippen LogP contribution in [0.2, 0.25) is 0 Å². The Kier molecular flexibility index (Phi) is 3.00. The first-order valence-electron chi connectivity index (χ1n) is 3.91. The summed E-state index contributed by atoms with van der Waals surface area (Å²) < 4.78 is 41.3. The van der Waals surface area contributed by atoms with Crippen LogP contribution >= 0.6 is 0 Å². The first kappa shape index (κ1) is 10.8. The average Bonchev–Trinajstić information content (AvgIpc) is 2.15. The van der Waals surface area contributed by atoms with Crippen molar-refractivity contribution in [3.8, 4) is 5.75 Å². The van der Waals surface area contributed by atoms with Crippen LogP contribution in [0.3, 0.4) is 0 Å². The van der Waals surface area contributed by atoms with E-state index in [1.54, 1.807) is 0 Å². The molecular formula is C9H10F3NO. The molecular weight excluding hydrogens is 195 g/mol. The highest BCUT2D eigenvalue weighted by Crippen LogP contribution is 2.30. The quantitative estimate of drug-likeness (QED) is 0.803. The molecule has 1 rings (SSSR count). The summed E-state index contributed by atoms with van der Waals surface area (Å²) in [5.74, 6) is 0.503. The maximum Gasteiger partial charge on any atom is 0.407 e. The van der Waals surface area contributed by atoms with E-state index in [4.69, 9.17) is 10.5 Å². The van der Waals surface area contributed by atoms with Gasteiger partial charge in [0.15, 0.2) is 0 Å². The molecule has 2 N–H and O–H groups in total. The molecule has 1 aromatic carbocycles. The highest BCUT2D eigenvalue weighted by molar-refractivity contribution is 5.29. The summed E-state index contributed by atoms with van der Waals surface area (Å²) in [7, 11) is 1.44. The number of benzene rings is 1. The summed E-state index contributed by atoms with van der Waals surface area (Å²) in [6.45, 7) is 0. The van der Waals surface area contributed by atoms with Crippen molar-refractivity contribution in [3.63, 3.8) is 0 Å². The molecule has 14 heavy (non-hydrogen) atoms. The number of methoxy groups -OCH3 is 1. The van der Waals surface area contributed by atoms with Gasteiger partial charge < -0.3 is 10.5 Å². The Hall–Kier alpha value is -1.23. The lowest BCUT2D eigenvalue weighted by Gasteiger charge is -2.15. The number of hydrogen-bond acceptors (Lipinski definition) is 2. The lowest BCUT2D eigenvalue weighted by molar-refractivity contribution is -0.149. The molecule has 0 saturated heterocycles. The molecule has 0 saturated carbocycles. The minimum absolute atomic E-state index is 0.0262. The number of hydrogen-bond donors (Lipinski definition) is 1. The second-order valence-corrected chi connectivity index (χ2v) is 2.79. The Bertz CT molecular complexity index is 294. The minimum atomic E-state index is -4.41. The Balaban J connectivity index is 2.87. The van der Waals surface area contributed by atoms with E-state index >= 15 is 0 Å². The van der Waals surface area contributed by atoms with Crippen molar-refractivity contribution in [2.24, 2.45) is 5.73 Å². The van der Waals surface area contributed by atoms with Crippen molar-refractivity contribution in [1.29, 1.82) is 0 Å². The number of halogens is 3. The van der Waals surface area contributed by atoms with Crippen molar-refractivity contribution < 1.29 is 17.9 Å². The van der Waals surface area contributed by atoms with Gasteiger partial charge >= 0.3 is 6.18 Å². The third kappa shape index (κ3) is 2.38. The maximum atomic E-state index is 12.2. The van der Waals surface area contributed by atoms with Crippen LogP contribution < -0.4 is 10.5 Å². The van der Waals surface area contributed by atoms with E-state index in [0.717, 1.165) is 0 Å². The van der Waals surface area contributed by atoms with E-state index in [9.17, 15) is 13.2 Å². The molecule has 0 fully saturated rings. The number of rotatable bonds is 2. The second kappa shape index (κ2) is 3.88. The zero-order valence-electron chi connectivity index (χ0n) is 7.51. The van der Waals surface area contributed by atoms with Crippen LogP contribution in [-0.4, -0.2) is 13.3 Å². The highest BCUT2D eigenvalue weighted by atomic mass is 19.4. The van der Waals surface area contributed by atoms with Crippen molar-refractivity contribution in [2.75, 3.05) is 7.11 Å². The molecule has 0 radical (unpaired) electrons. The van der Waals surface area contributed by atoms with Crippen molar-refractivity contribution in [3.05, 3.63) is 29.8 Å². The zero-order valence-corrected chi connectivity index (χ0v) is 7.51. The van der Waals surface area contributed by atoms with E-state index in [-0.39, 0.29) is 5.56 Å². The van der Waals surface area contributed by atoms with Gasteiger partial charge in [-0.2, -0.15) is 13.2 Å². The Morgan fingerprint density at radius 3 is 2.07 bits per heavy atom. The van der Waals surface area contributed by atoms with Crippen LogP contribution in [0.25, 0.3) is 0 Å². The van der Waals surface area contributed by atoms with Gasteiger partial charge in [0, 0.05) is 0 Å². The topological polar surface area (TPSA) is 35.2 Å². The molecule has 0 bridgehead atoms. The second-order valence-electron chi connectivity index (χ2n) is 2.79. The standard InChI is InChI=1S/C9H10F3NO/c1-14-7-4-2-6(3-5-7)8(13)9(10,11)12/h2-5,8H,13H2,1H3/t8-/m1/s1. The molecule has 0 aliphatic rings. The third-order valence-electron chi connectivity index (χ3n) is 1.83. The van der Waals surface area contributed by atoms with Gasteiger partial charge in [-0.05, 0) is 17.7 Å². The number of alkyl halides is 3. The third-order valence-corrected chi connectivity index (χ3v) is 1.83. The predicted molar refractivity (Wildman–Crippen MR) is 46.0 cm³/mol. The minimum Gasteiger partial charge on any atom is -0.497 e. The van der Waals surface area contributed by atoms with Gasteiger partial charge in [0.2, 0.25) is 0 Å². The molecule has 0 amide bonds. The Morgan fingerprint density at radius 1 is 1.21 bits per heavy atom. The number of nitrogens with two attached hydrogens (primary N) is 1. The smallest absolute Gasteiger partial charge is 0.407 e. The summed E-state index contributed by atoms with van der Waals surface area (Å²) in [4.78, 5) is 0. The van der Waals surface area contributed by atoms with Crippen molar-refractivity contribution >= 4 is 0 Å². The monoisotopic (exact) mass is 205 g/mol. The molecule has 1 atom stereocenters. The van der Waals surface area contributed by atoms with Crippen molar-refractivity contribution in [2.45, 2.75) is 12.2 Å². The van der Waals surface area contributed by atoms with E-state index in [1.165, 1.54) is 31.4 Å². The summed E-state index contributed by atoms with van der Waals surface area (Å²) in [5.41, 5.74) is 5.02. The molecule has 0 aliphatic heterocycles. The average molecular weight is 205 g/mol. The normalized spacial score (nSPS) is 13.8. The molecule has 0 heterocycles. The van der Waals surface area contributed by atoms with E-state index in [0.29, 0.717) is 5.75 Å². The highest BCUT2D eigenvalue weighted by Gasteiger charge is 2.37. The largest absolute Gasteiger partial charge is 0.497 e. The summed E-state index contributed by atoms with van der Waals surface area (Å²) in [6.07, 6.45) is -4.41. The van der Waals surface area contributed by atoms with Gasteiger partial charge in [-0.15, -0.1) is 0 Å². The van der Waals surface area contributed by atoms with Crippen LogP contribution in [0.15, 0.2) is 24.3 Å². The van der Waals surface area contributed by atoms with Gasteiger partial charge in [-0.1, -0.05) is 12.1 Å². The van der Waals surface area contributed by atoms with E-state index < -0.39 is 12.2 Å². The zero-order chi connectivity index (χ0) is 10.8. The molecule has 0 aromatic heterocycles. The molecule has 0 aliphatic carbocycles. The molecule has 0 spiro atoms. The fraction of sp³-hybridized carbons (Fsp3) is 0.333. The fourth-order valence-corrected chi connectivity index (χ4v) is 1.00. The molecule has 2 nitrogen and oxygen atoms in total. The maximum absolute atomic E-state index is 12.2. The van der Waals surface area contributed by atoms with Crippen LogP contribution in [0, 0.1) is 0 Å². The van der Waals surface area contributed by atoms with E-state index in [2.05, 4.69) is 0 Å². The SMILES string of the molecule is COc1ccc([C@@H](N)C(F)(F)F)cc1. The van der Waals surface area contributed by atoms with Gasteiger partial charge in [0.05, 0.1) is 7.11 Å². The molecule has 0 unspecified atom stereocenters. The number of ether oxygens (including phenoxy) is 1. The molecule has 78 valence electrons. The summed E-state index contributed by atoms with van der Waals surface area (Å²) >= 11 is 0.